The lowest BCUT2D eigenvalue weighted by Crippen LogP contribution is -2.44. The van der Waals surface area contributed by atoms with Crippen LogP contribution in [0.5, 0.6) is 0 Å². The summed E-state index contributed by atoms with van der Waals surface area (Å²) < 4.78 is 1.29. The van der Waals surface area contributed by atoms with E-state index in [4.69, 9.17) is 4.98 Å². The number of aromatic nitrogens is 1. The lowest BCUT2D eigenvalue weighted by atomic mass is 9.75. The van der Waals surface area contributed by atoms with Crippen LogP contribution in [0.3, 0.4) is 0 Å². The zero-order chi connectivity index (χ0) is 11.9. The summed E-state index contributed by atoms with van der Waals surface area (Å²) in [4.78, 5) is 4.73. The molecule has 0 amide bonds. The van der Waals surface area contributed by atoms with E-state index < -0.39 is 0 Å². The maximum Gasteiger partial charge on any atom is 0.184 e. The maximum atomic E-state index is 4.73. The summed E-state index contributed by atoms with van der Waals surface area (Å²) in [5.74, 6) is 0. The molecule has 0 spiro atoms. The third-order valence-corrected chi connectivity index (χ3v) is 4.92. The maximum absolute atomic E-state index is 4.73. The molecule has 1 aliphatic carbocycles. The number of thiazole rings is 1. The first-order valence-corrected chi connectivity index (χ1v) is 7.18. The van der Waals surface area contributed by atoms with Crippen molar-refractivity contribution in [2.75, 3.05) is 5.32 Å². The largest absolute Gasteiger partial charge is 0.356 e. The number of hydrogen-bond acceptors (Lipinski definition) is 3. The second-order valence-corrected chi connectivity index (χ2v) is 6.08. The molecule has 2 nitrogen and oxygen atoms in total. The van der Waals surface area contributed by atoms with E-state index in [2.05, 4.69) is 37.4 Å². The molecule has 0 atom stereocenters. The predicted octanol–water partition coefficient (Wildman–Crippen LogP) is 4.35. The first-order chi connectivity index (χ1) is 8.22. The first-order valence-electron chi connectivity index (χ1n) is 6.37. The van der Waals surface area contributed by atoms with Gasteiger partial charge < -0.3 is 5.32 Å². The van der Waals surface area contributed by atoms with Crippen molar-refractivity contribution in [2.45, 2.75) is 45.1 Å². The minimum absolute atomic E-state index is 0.335. The van der Waals surface area contributed by atoms with Crippen LogP contribution in [0.25, 0.3) is 10.2 Å². The quantitative estimate of drug-likeness (QED) is 0.871. The van der Waals surface area contributed by atoms with Crippen LogP contribution in [0.4, 0.5) is 5.13 Å². The Morgan fingerprint density at radius 1 is 1.41 bits per heavy atom. The molecule has 0 unspecified atom stereocenters. The Kier molecular flexibility index (Phi) is 2.58. The summed E-state index contributed by atoms with van der Waals surface area (Å²) >= 11 is 1.78. The number of aryl methyl sites for hydroxylation is 1. The number of nitrogens with zero attached hydrogens (tertiary/aromatic N) is 1. The molecule has 3 heteroatoms. The third kappa shape index (κ3) is 1.82. The number of benzene rings is 1. The molecule has 1 saturated carbocycles. The SMILES string of the molecule is CCC1(Nc2nc3c(C)cccc3s2)CCC1. The standard InChI is InChI=1S/C14H18N2S/c1-3-14(8-5-9-14)16-13-15-12-10(2)6-4-7-11(12)17-13/h4,6-7H,3,5,8-9H2,1-2H3,(H,15,16). The van der Waals surface area contributed by atoms with Crippen molar-refractivity contribution in [3.8, 4) is 0 Å². The molecule has 2 aromatic rings. The van der Waals surface area contributed by atoms with Gasteiger partial charge in [0.1, 0.15) is 0 Å². The van der Waals surface area contributed by atoms with E-state index in [1.165, 1.54) is 35.9 Å². The lowest BCUT2D eigenvalue weighted by Gasteiger charge is -2.41. The number of nitrogens with one attached hydrogen (secondary N) is 1. The van der Waals surface area contributed by atoms with E-state index >= 15 is 0 Å². The molecule has 0 radical (unpaired) electrons. The van der Waals surface area contributed by atoms with Gasteiger partial charge in [-0.15, -0.1) is 0 Å². The molecule has 0 aliphatic heterocycles. The molecule has 90 valence electrons. The van der Waals surface area contributed by atoms with Crippen molar-refractivity contribution in [1.82, 2.24) is 4.98 Å². The van der Waals surface area contributed by atoms with Crippen molar-refractivity contribution in [2.24, 2.45) is 0 Å². The van der Waals surface area contributed by atoms with E-state index in [1.807, 2.05) is 0 Å². The molecule has 1 heterocycles. The average molecular weight is 246 g/mol. The van der Waals surface area contributed by atoms with Gasteiger partial charge in [0.2, 0.25) is 0 Å². The van der Waals surface area contributed by atoms with E-state index in [9.17, 15) is 0 Å². The van der Waals surface area contributed by atoms with E-state index in [0.717, 1.165) is 10.6 Å². The molecule has 1 fully saturated rings. The van der Waals surface area contributed by atoms with Crippen LogP contribution in [0, 0.1) is 6.92 Å². The summed E-state index contributed by atoms with van der Waals surface area (Å²) in [5.41, 5.74) is 2.76. The number of para-hydroxylation sites is 1. The summed E-state index contributed by atoms with van der Waals surface area (Å²) in [5, 5.41) is 4.76. The van der Waals surface area contributed by atoms with Gasteiger partial charge in [-0.2, -0.15) is 0 Å². The topological polar surface area (TPSA) is 24.9 Å². The second-order valence-electron chi connectivity index (χ2n) is 5.05. The molecule has 1 aromatic heterocycles. The van der Waals surface area contributed by atoms with Crippen LogP contribution in [-0.4, -0.2) is 10.5 Å². The molecular weight excluding hydrogens is 228 g/mol. The van der Waals surface area contributed by atoms with Gasteiger partial charge in [-0.3, -0.25) is 0 Å². The van der Waals surface area contributed by atoms with E-state index in [0.29, 0.717) is 5.54 Å². The fraction of sp³-hybridized carbons (Fsp3) is 0.500. The summed E-state index contributed by atoms with van der Waals surface area (Å²) in [6.07, 6.45) is 5.13. The summed E-state index contributed by atoms with van der Waals surface area (Å²) in [7, 11) is 0. The number of anilines is 1. The van der Waals surface area contributed by atoms with Gasteiger partial charge in [0.05, 0.1) is 10.2 Å². The van der Waals surface area contributed by atoms with E-state index in [-0.39, 0.29) is 0 Å². The molecule has 1 aromatic carbocycles. The second kappa shape index (κ2) is 3.98. The van der Waals surface area contributed by atoms with E-state index in [1.54, 1.807) is 11.3 Å². The normalized spacial score (nSPS) is 18.0. The Hall–Kier alpha value is -1.09. The first kappa shape index (κ1) is 11.0. The highest BCUT2D eigenvalue weighted by molar-refractivity contribution is 7.22. The van der Waals surface area contributed by atoms with Crippen LogP contribution in [0.2, 0.25) is 0 Å². The highest BCUT2D eigenvalue weighted by Gasteiger charge is 2.35. The van der Waals surface area contributed by atoms with Gasteiger partial charge in [-0.1, -0.05) is 30.4 Å². The molecule has 1 N–H and O–H groups in total. The minimum Gasteiger partial charge on any atom is -0.356 e. The highest BCUT2D eigenvalue weighted by atomic mass is 32.1. The molecule has 3 rings (SSSR count). The van der Waals surface area contributed by atoms with Gasteiger partial charge in [0, 0.05) is 5.54 Å². The van der Waals surface area contributed by atoms with Gasteiger partial charge >= 0.3 is 0 Å². The van der Waals surface area contributed by atoms with Crippen LogP contribution in [0.1, 0.15) is 38.2 Å². The number of hydrogen-bond donors (Lipinski definition) is 1. The molecule has 1 aliphatic rings. The fourth-order valence-electron chi connectivity index (χ4n) is 2.54. The monoisotopic (exact) mass is 246 g/mol. The lowest BCUT2D eigenvalue weighted by molar-refractivity contribution is 0.269. The van der Waals surface area contributed by atoms with Crippen LogP contribution in [0.15, 0.2) is 18.2 Å². The van der Waals surface area contributed by atoms with Gasteiger partial charge in [-0.05, 0) is 44.2 Å². The Morgan fingerprint density at radius 2 is 2.24 bits per heavy atom. The molecule has 0 bridgehead atoms. The number of rotatable bonds is 3. The Bertz CT molecular complexity index is 535. The van der Waals surface area contributed by atoms with Crippen molar-refractivity contribution >= 4 is 26.7 Å². The van der Waals surface area contributed by atoms with Gasteiger partial charge in [0.15, 0.2) is 5.13 Å². The van der Waals surface area contributed by atoms with Crippen molar-refractivity contribution < 1.29 is 0 Å². The Morgan fingerprint density at radius 3 is 2.82 bits per heavy atom. The number of fused-ring (bicyclic) bond motifs is 1. The summed E-state index contributed by atoms with van der Waals surface area (Å²) in [6, 6.07) is 6.40. The van der Waals surface area contributed by atoms with Gasteiger partial charge in [0.25, 0.3) is 0 Å². The predicted molar refractivity (Wildman–Crippen MR) is 74.9 cm³/mol. The van der Waals surface area contributed by atoms with Crippen LogP contribution < -0.4 is 5.32 Å². The Labute approximate surface area is 106 Å². The summed E-state index contributed by atoms with van der Waals surface area (Å²) in [6.45, 7) is 4.40. The average Bonchev–Trinajstić information content (AvgIpc) is 2.68. The van der Waals surface area contributed by atoms with Crippen molar-refractivity contribution in [1.29, 1.82) is 0 Å². The smallest absolute Gasteiger partial charge is 0.184 e. The van der Waals surface area contributed by atoms with Gasteiger partial charge in [-0.25, -0.2) is 4.98 Å². The zero-order valence-electron chi connectivity index (χ0n) is 10.4. The highest BCUT2D eigenvalue weighted by Crippen LogP contribution is 2.39. The fourth-order valence-corrected chi connectivity index (χ4v) is 3.60. The molecule has 0 saturated heterocycles. The van der Waals surface area contributed by atoms with Crippen molar-refractivity contribution in [3.05, 3.63) is 23.8 Å². The van der Waals surface area contributed by atoms with Crippen LogP contribution >= 0.6 is 11.3 Å². The van der Waals surface area contributed by atoms with Crippen molar-refractivity contribution in [3.63, 3.8) is 0 Å². The minimum atomic E-state index is 0.335. The zero-order valence-corrected chi connectivity index (χ0v) is 11.2. The Balaban J connectivity index is 1.93. The molecule has 17 heavy (non-hydrogen) atoms. The van der Waals surface area contributed by atoms with Crippen LogP contribution in [-0.2, 0) is 0 Å². The molecular formula is C14H18N2S. The third-order valence-electron chi connectivity index (χ3n) is 3.98.